The van der Waals surface area contributed by atoms with E-state index in [1.807, 2.05) is 49.3 Å². The SMILES string of the molecule is COc1ccc(-n2c(N(C)C)nc3cc(C(=O)NC4CC4)sc32)cc1. The number of hydrogen-bond donors (Lipinski definition) is 1. The van der Waals surface area contributed by atoms with E-state index in [9.17, 15) is 4.79 Å². The Morgan fingerprint density at radius 3 is 2.64 bits per heavy atom. The number of carbonyl (C=O) groups excluding carboxylic acids is 1. The number of methoxy groups -OCH3 is 1. The minimum atomic E-state index is -0.00168. The molecule has 0 spiro atoms. The van der Waals surface area contributed by atoms with Crippen molar-refractivity contribution in [1.29, 1.82) is 0 Å². The summed E-state index contributed by atoms with van der Waals surface area (Å²) in [5, 5.41) is 3.04. The van der Waals surface area contributed by atoms with Crippen molar-refractivity contribution in [2.45, 2.75) is 18.9 Å². The van der Waals surface area contributed by atoms with E-state index in [1.165, 1.54) is 11.3 Å². The number of amides is 1. The van der Waals surface area contributed by atoms with Gasteiger partial charge in [0.1, 0.15) is 16.1 Å². The van der Waals surface area contributed by atoms with Gasteiger partial charge in [0.05, 0.1) is 17.7 Å². The summed E-state index contributed by atoms with van der Waals surface area (Å²) in [5.41, 5.74) is 1.83. The third-order valence-electron chi connectivity index (χ3n) is 4.18. The molecule has 7 heteroatoms. The lowest BCUT2D eigenvalue weighted by Crippen LogP contribution is -2.24. The molecular formula is C18H20N4O2S. The van der Waals surface area contributed by atoms with E-state index in [0.717, 1.165) is 40.6 Å². The Labute approximate surface area is 150 Å². The second-order valence-electron chi connectivity index (χ2n) is 6.39. The Morgan fingerprint density at radius 1 is 1.32 bits per heavy atom. The standard InChI is InChI=1S/C18H20N4O2S/c1-21(2)18-20-14-10-15(16(23)19-11-4-5-11)25-17(14)22(18)12-6-8-13(24-3)9-7-12/h6-11H,4-5H2,1-3H3,(H,19,23). The van der Waals surface area contributed by atoms with Gasteiger partial charge in [-0.2, -0.15) is 0 Å². The predicted octanol–water partition coefficient (Wildman–Crippen LogP) is 3.05. The van der Waals surface area contributed by atoms with Crippen molar-refractivity contribution in [3.8, 4) is 11.4 Å². The molecule has 0 bridgehead atoms. The van der Waals surface area contributed by atoms with Crippen LogP contribution >= 0.6 is 11.3 Å². The summed E-state index contributed by atoms with van der Waals surface area (Å²) in [4.78, 5) is 20.7. The topological polar surface area (TPSA) is 59.4 Å². The van der Waals surface area contributed by atoms with Crippen molar-refractivity contribution in [1.82, 2.24) is 14.9 Å². The molecule has 1 aromatic carbocycles. The first-order valence-corrected chi connectivity index (χ1v) is 9.03. The van der Waals surface area contributed by atoms with Gasteiger partial charge in [-0.15, -0.1) is 11.3 Å². The second-order valence-corrected chi connectivity index (χ2v) is 7.42. The zero-order valence-electron chi connectivity index (χ0n) is 14.4. The lowest BCUT2D eigenvalue weighted by molar-refractivity contribution is 0.0955. The maximum atomic E-state index is 12.3. The van der Waals surface area contributed by atoms with E-state index >= 15 is 0 Å². The molecule has 1 N–H and O–H groups in total. The Bertz CT molecular complexity index is 923. The fourth-order valence-corrected chi connectivity index (χ4v) is 3.74. The molecule has 0 atom stereocenters. The van der Waals surface area contributed by atoms with Crippen LogP contribution in [0.5, 0.6) is 5.75 Å². The summed E-state index contributed by atoms with van der Waals surface area (Å²) in [6, 6.07) is 10.1. The van der Waals surface area contributed by atoms with Crippen LogP contribution in [0.15, 0.2) is 30.3 Å². The summed E-state index contributed by atoms with van der Waals surface area (Å²) < 4.78 is 7.32. The number of hydrogen-bond acceptors (Lipinski definition) is 5. The van der Waals surface area contributed by atoms with E-state index in [0.29, 0.717) is 10.9 Å². The number of ether oxygens (including phenoxy) is 1. The summed E-state index contributed by atoms with van der Waals surface area (Å²) in [5.74, 6) is 1.64. The summed E-state index contributed by atoms with van der Waals surface area (Å²) in [6.45, 7) is 0. The van der Waals surface area contributed by atoms with Gasteiger partial charge in [-0.25, -0.2) is 4.98 Å². The highest BCUT2D eigenvalue weighted by molar-refractivity contribution is 7.20. The van der Waals surface area contributed by atoms with Crippen molar-refractivity contribution >= 4 is 33.5 Å². The van der Waals surface area contributed by atoms with Gasteiger partial charge in [0.25, 0.3) is 5.91 Å². The lowest BCUT2D eigenvalue weighted by Gasteiger charge is -2.15. The van der Waals surface area contributed by atoms with Crippen LogP contribution in [0.1, 0.15) is 22.5 Å². The first-order valence-electron chi connectivity index (χ1n) is 8.21. The lowest BCUT2D eigenvalue weighted by atomic mass is 10.3. The molecule has 1 aliphatic carbocycles. The fraction of sp³-hybridized carbons (Fsp3) is 0.333. The average Bonchev–Trinajstić information content (AvgIpc) is 3.19. The van der Waals surface area contributed by atoms with Crippen LogP contribution in [0.4, 0.5) is 5.95 Å². The van der Waals surface area contributed by atoms with Crippen LogP contribution in [-0.2, 0) is 0 Å². The molecule has 0 radical (unpaired) electrons. The zero-order chi connectivity index (χ0) is 17.6. The first-order chi connectivity index (χ1) is 12.1. The van der Waals surface area contributed by atoms with E-state index in [4.69, 9.17) is 9.72 Å². The molecule has 1 fully saturated rings. The zero-order valence-corrected chi connectivity index (χ0v) is 15.3. The van der Waals surface area contributed by atoms with E-state index in [2.05, 4.69) is 9.88 Å². The highest BCUT2D eigenvalue weighted by Crippen LogP contribution is 2.33. The molecule has 1 saturated carbocycles. The molecule has 25 heavy (non-hydrogen) atoms. The molecule has 1 aliphatic rings. The number of imidazole rings is 1. The molecule has 0 saturated heterocycles. The third kappa shape index (κ3) is 2.95. The highest BCUT2D eigenvalue weighted by atomic mass is 32.1. The number of fused-ring (bicyclic) bond motifs is 1. The highest BCUT2D eigenvalue weighted by Gasteiger charge is 2.26. The maximum absolute atomic E-state index is 12.3. The summed E-state index contributed by atoms with van der Waals surface area (Å²) in [7, 11) is 5.58. The number of nitrogens with one attached hydrogen (secondary N) is 1. The van der Waals surface area contributed by atoms with Crippen molar-refractivity contribution in [2.24, 2.45) is 0 Å². The largest absolute Gasteiger partial charge is 0.497 e. The second kappa shape index (κ2) is 6.07. The molecule has 0 unspecified atom stereocenters. The van der Waals surface area contributed by atoms with Crippen LogP contribution in [0.2, 0.25) is 0 Å². The maximum Gasteiger partial charge on any atom is 0.261 e. The van der Waals surface area contributed by atoms with Crippen molar-refractivity contribution in [2.75, 3.05) is 26.1 Å². The Kier molecular flexibility index (Phi) is 3.88. The van der Waals surface area contributed by atoms with Crippen LogP contribution in [-0.4, -0.2) is 42.7 Å². The van der Waals surface area contributed by atoms with Crippen LogP contribution < -0.4 is 15.0 Å². The molecule has 4 rings (SSSR count). The Balaban J connectivity index is 1.79. The predicted molar refractivity (Wildman–Crippen MR) is 100 cm³/mol. The number of rotatable bonds is 5. The van der Waals surface area contributed by atoms with Gasteiger partial charge in [0.15, 0.2) is 0 Å². The summed E-state index contributed by atoms with van der Waals surface area (Å²) >= 11 is 1.48. The number of aromatic nitrogens is 2. The van der Waals surface area contributed by atoms with Gasteiger partial charge in [-0.05, 0) is 43.2 Å². The van der Waals surface area contributed by atoms with Crippen LogP contribution in [0, 0.1) is 0 Å². The minimum absolute atomic E-state index is 0.00168. The third-order valence-corrected chi connectivity index (χ3v) is 5.29. The molecule has 130 valence electrons. The van der Waals surface area contributed by atoms with E-state index in [1.54, 1.807) is 7.11 Å². The molecule has 0 aliphatic heterocycles. The van der Waals surface area contributed by atoms with Gasteiger partial charge in [-0.3, -0.25) is 9.36 Å². The average molecular weight is 356 g/mol. The molecule has 2 aromatic heterocycles. The minimum Gasteiger partial charge on any atom is -0.497 e. The molecule has 6 nitrogen and oxygen atoms in total. The molecular weight excluding hydrogens is 336 g/mol. The fourth-order valence-electron chi connectivity index (χ4n) is 2.72. The van der Waals surface area contributed by atoms with Crippen LogP contribution in [0.25, 0.3) is 16.0 Å². The normalized spacial score (nSPS) is 13.9. The first kappa shape index (κ1) is 16.0. The molecule has 3 aromatic rings. The number of benzene rings is 1. The van der Waals surface area contributed by atoms with Gasteiger partial charge < -0.3 is 15.0 Å². The van der Waals surface area contributed by atoms with Gasteiger partial charge in [-0.1, -0.05) is 0 Å². The number of carbonyl (C=O) groups is 1. The van der Waals surface area contributed by atoms with E-state index in [-0.39, 0.29) is 5.91 Å². The number of thiophene rings is 1. The number of anilines is 1. The van der Waals surface area contributed by atoms with Gasteiger partial charge in [0.2, 0.25) is 5.95 Å². The number of nitrogens with zero attached hydrogens (tertiary/aromatic N) is 3. The Hall–Kier alpha value is -2.54. The van der Waals surface area contributed by atoms with Gasteiger partial charge >= 0.3 is 0 Å². The van der Waals surface area contributed by atoms with Crippen molar-refractivity contribution in [3.63, 3.8) is 0 Å². The van der Waals surface area contributed by atoms with Crippen molar-refractivity contribution < 1.29 is 9.53 Å². The monoisotopic (exact) mass is 356 g/mol. The quantitative estimate of drug-likeness (QED) is 0.763. The van der Waals surface area contributed by atoms with Crippen LogP contribution in [0.3, 0.4) is 0 Å². The van der Waals surface area contributed by atoms with E-state index < -0.39 is 0 Å². The van der Waals surface area contributed by atoms with Crippen molar-refractivity contribution in [3.05, 3.63) is 35.2 Å². The summed E-state index contributed by atoms with van der Waals surface area (Å²) in [6.07, 6.45) is 2.16. The Morgan fingerprint density at radius 2 is 2.04 bits per heavy atom. The van der Waals surface area contributed by atoms with Gasteiger partial charge in [0, 0.05) is 20.1 Å². The smallest absolute Gasteiger partial charge is 0.261 e. The molecule has 1 amide bonds. The molecule has 2 heterocycles.